The highest BCUT2D eigenvalue weighted by molar-refractivity contribution is 7.17. The maximum atomic E-state index is 12.8. The van der Waals surface area contributed by atoms with Crippen molar-refractivity contribution in [2.45, 2.75) is 58.8 Å². The minimum atomic E-state index is -0.377. The number of ether oxygens (including phenoxy) is 1. The van der Waals surface area contributed by atoms with E-state index in [2.05, 4.69) is 10.6 Å². The molecule has 0 radical (unpaired) electrons. The summed E-state index contributed by atoms with van der Waals surface area (Å²) in [5.41, 5.74) is 2.64. The maximum absolute atomic E-state index is 12.8. The summed E-state index contributed by atoms with van der Waals surface area (Å²) in [6.07, 6.45) is 6.19. The molecule has 0 atom stereocenters. The van der Waals surface area contributed by atoms with Crippen molar-refractivity contribution < 1.29 is 19.1 Å². The van der Waals surface area contributed by atoms with Crippen LogP contribution in [0.4, 0.5) is 10.7 Å². The molecule has 1 heterocycles. The number of benzene rings is 1. The first-order chi connectivity index (χ1) is 14.5. The molecule has 3 rings (SSSR count). The Morgan fingerprint density at radius 1 is 1.03 bits per heavy atom. The van der Waals surface area contributed by atoms with Crippen LogP contribution in [0.5, 0.6) is 0 Å². The number of hydrogen-bond acceptors (Lipinski definition) is 5. The average molecular weight is 429 g/mol. The Kier molecular flexibility index (Phi) is 7.63. The average Bonchev–Trinajstić information content (AvgIpc) is 3.10. The van der Waals surface area contributed by atoms with E-state index in [4.69, 9.17) is 4.74 Å². The quantitative estimate of drug-likeness (QED) is 0.567. The van der Waals surface area contributed by atoms with Gasteiger partial charge in [0, 0.05) is 22.5 Å². The minimum absolute atomic E-state index is 0.0303. The Morgan fingerprint density at radius 3 is 2.47 bits per heavy atom. The van der Waals surface area contributed by atoms with Crippen molar-refractivity contribution in [3.63, 3.8) is 0 Å². The molecule has 1 aromatic heterocycles. The fourth-order valence-electron chi connectivity index (χ4n) is 3.51. The van der Waals surface area contributed by atoms with Gasteiger partial charge in [-0.3, -0.25) is 9.59 Å². The van der Waals surface area contributed by atoms with Crippen LogP contribution in [0.3, 0.4) is 0 Å². The number of amides is 2. The fourth-order valence-corrected chi connectivity index (χ4v) is 4.79. The Balaban J connectivity index is 1.73. The van der Waals surface area contributed by atoms with E-state index in [1.54, 1.807) is 31.2 Å². The first kappa shape index (κ1) is 22.0. The molecule has 0 unspecified atom stereocenters. The molecule has 1 aliphatic carbocycles. The molecule has 0 bridgehead atoms. The van der Waals surface area contributed by atoms with Gasteiger partial charge in [-0.2, -0.15) is 0 Å². The number of hydrogen-bond donors (Lipinski definition) is 2. The van der Waals surface area contributed by atoms with E-state index in [-0.39, 0.29) is 17.8 Å². The first-order valence-electron chi connectivity index (χ1n) is 10.6. The molecule has 2 aromatic rings. The lowest BCUT2D eigenvalue weighted by Crippen LogP contribution is -2.16. The molecule has 2 N–H and O–H groups in total. The number of anilines is 2. The predicted molar refractivity (Wildman–Crippen MR) is 119 cm³/mol. The van der Waals surface area contributed by atoms with Crippen molar-refractivity contribution in [2.75, 3.05) is 17.2 Å². The number of esters is 1. The number of aryl methyl sites for hydroxylation is 1. The molecule has 0 fully saturated rings. The zero-order valence-corrected chi connectivity index (χ0v) is 18.3. The van der Waals surface area contributed by atoms with Gasteiger partial charge >= 0.3 is 5.97 Å². The van der Waals surface area contributed by atoms with Crippen molar-refractivity contribution in [3.8, 4) is 0 Å². The van der Waals surface area contributed by atoms with Crippen molar-refractivity contribution in [2.24, 2.45) is 0 Å². The van der Waals surface area contributed by atoms with Gasteiger partial charge < -0.3 is 15.4 Å². The van der Waals surface area contributed by atoms with Crippen LogP contribution in [0, 0.1) is 0 Å². The Bertz CT molecular complexity index is 918. The van der Waals surface area contributed by atoms with E-state index in [0.29, 0.717) is 34.8 Å². The van der Waals surface area contributed by atoms with Crippen molar-refractivity contribution >= 4 is 39.8 Å². The summed E-state index contributed by atoms with van der Waals surface area (Å²) < 4.78 is 5.24. The Hall–Kier alpha value is -2.67. The second-order valence-corrected chi connectivity index (χ2v) is 8.42. The van der Waals surface area contributed by atoms with Gasteiger partial charge in [-0.25, -0.2) is 4.79 Å². The van der Waals surface area contributed by atoms with Gasteiger partial charge in [-0.1, -0.05) is 13.3 Å². The molecular weight excluding hydrogens is 400 g/mol. The normalized spacial score (nSPS) is 12.7. The number of rotatable bonds is 8. The van der Waals surface area contributed by atoms with Crippen LogP contribution in [0.25, 0.3) is 0 Å². The number of nitrogens with one attached hydrogen (secondary N) is 2. The second kappa shape index (κ2) is 10.4. The third-order valence-electron chi connectivity index (χ3n) is 5.07. The van der Waals surface area contributed by atoms with Crippen LogP contribution in [0.2, 0.25) is 0 Å². The van der Waals surface area contributed by atoms with Crippen LogP contribution >= 0.6 is 11.3 Å². The summed E-state index contributed by atoms with van der Waals surface area (Å²) in [5.74, 6) is -0.697. The van der Waals surface area contributed by atoms with Crippen molar-refractivity contribution in [1.82, 2.24) is 0 Å². The maximum Gasteiger partial charge on any atom is 0.341 e. The lowest BCUT2D eigenvalue weighted by atomic mass is 9.95. The molecule has 160 valence electrons. The summed E-state index contributed by atoms with van der Waals surface area (Å²) in [4.78, 5) is 38.3. The number of fused-ring (bicyclic) bond motifs is 1. The molecule has 0 saturated carbocycles. The molecule has 6 nitrogen and oxygen atoms in total. The summed E-state index contributed by atoms with van der Waals surface area (Å²) in [5, 5.41) is 6.29. The number of thiophene rings is 1. The molecule has 0 saturated heterocycles. The third-order valence-corrected chi connectivity index (χ3v) is 6.27. The number of carbonyl (C=O) groups excluding carboxylic acids is 3. The summed E-state index contributed by atoms with van der Waals surface area (Å²) in [7, 11) is 0. The largest absolute Gasteiger partial charge is 0.462 e. The lowest BCUT2D eigenvalue weighted by Gasteiger charge is -2.12. The first-order valence-corrected chi connectivity index (χ1v) is 11.4. The van der Waals surface area contributed by atoms with E-state index in [1.807, 2.05) is 6.92 Å². The zero-order chi connectivity index (χ0) is 21.5. The van der Waals surface area contributed by atoms with Crippen LogP contribution in [-0.2, 0) is 22.4 Å². The van der Waals surface area contributed by atoms with E-state index in [9.17, 15) is 14.4 Å². The Morgan fingerprint density at radius 2 is 1.77 bits per heavy atom. The van der Waals surface area contributed by atoms with Crippen LogP contribution < -0.4 is 10.6 Å². The number of unbranched alkanes of at least 4 members (excludes halogenated alkanes) is 1. The molecule has 1 aromatic carbocycles. The molecular formula is C23H28N2O4S. The summed E-state index contributed by atoms with van der Waals surface area (Å²) in [6.45, 7) is 4.11. The highest BCUT2D eigenvalue weighted by Crippen LogP contribution is 2.38. The predicted octanol–water partition coefficient (Wildman–Crippen LogP) is 5.18. The molecule has 30 heavy (non-hydrogen) atoms. The molecule has 0 aliphatic heterocycles. The van der Waals surface area contributed by atoms with E-state index < -0.39 is 0 Å². The summed E-state index contributed by atoms with van der Waals surface area (Å²) >= 11 is 1.47. The molecule has 0 spiro atoms. The zero-order valence-electron chi connectivity index (χ0n) is 17.5. The SMILES string of the molecule is CCCCC(=O)Nc1ccc(C(=O)Nc2sc3c(c2C(=O)OCC)CCCC3)cc1. The number of carbonyl (C=O) groups is 3. The van der Waals surface area contributed by atoms with Crippen molar-refractivity contribution in [3.05, 3.63) is 45.8 Å². The van der Waals surface area contributed by atoms with Crippen LogP contribution in [-0.4, -0.2) is 24.4 Å². The second-order valence-electron chi connectivity index (χ2n) is 7.32. The standard InChI is InChI=1S/C23H28N2O4S/c1-3-5-10-19(26)24-16-13-11-15(12-14-16)21(27)25-22-20(23(28)29-4-2)17-8-6-7-9-18(17)30-22/h11-14H,3-10H2,1-2H3,(H,24,26)(H,25,27). The van der Waals surface area contributed by atoms with Crippen molar-refractivity contribution in [1.29, 1.82) is 0 Å². The molecule has 1 aliphatic rings. The fraction of sp³-hybridized carbons (Fsp3) is 0.435. The van der Waals surface area contributed by atoms with Crippen LogP contribution in [0.1, 0.15) is 77.1 Å². The van der Waals surface area contributed by atoms with Gasteiger partial charge in [-0.15, -0.1) is 11.3 Å². The monoisotopic (exact) mass is 428 g/mol. The minimum Gasteiger partial charge on any atom is -0.462 e. The molecule has 2 amide bonds. The van der Waals surface area contributed by atoms with Crippen LogP contribution in [0.15, 0.2) is 24.3 Å². The topological polar surface area (TPSA) is 84.5 Å². The van der Waals surface area contributed by atoms with E-state index >= 15 is 0 Å². The molecule has 7 heteroatoms. The summed E-state index contributed by atoms with van der Waals surface area (Å²) in [6, 6.07) is 6.76. The highest BCUT2D eigenvalue weighted by Gasteiger charge is 2.27. The lowest BCUT2D eigenvalue weighted by molar-refractivity contribution is -0.116. The van der Waals surface area contributed by atoms with Gasteiger partial charge in [0.15, 0.2) is 0 Å². The van der Waals surface area contributed by atoms with Gasteiger partial charge in [0.25, 0.3) is 5.91 Å². The van der Waals surface area contributed by atoms with Gasteiger partial charge in [0.1, 0.15) is 5.00 Å². The smallest absolute Gasteiger partial charge is 0.341 e. The highest BCUT2D eigenvalue weighted by atomic mass is 32.1. The third kappa shape index (κ3) is 5.27. The van der Waals surface area contributed by atoms with Gasteiger partial charge in [0.05, 0.1) is 12.2 Å². The van der Waals surface area contributed by atoms with E-state index in [0.717, 1.165) is 49.0 Å². The van der Waals surface area contributed by atoms with E-state index in [1.165, 1.54) is 11.3 Å². The van der Waals surface area contributed by atoms with Gasteiger partial charge in [-0.05, 0) is 68.9 Å². The van der Waals surface area contributed by atoms with Gasteiger partial charge in [0.2, 0.25) is 5.91 Å². The Labute approximate surface area is 181 Å².